The van der Waals surface area contributed by atoms with Gasteiger partial charge in [0, 0.05) is 24.1 Å². The van der Waals surface area contributed by atoms with Crippen LogP contribution in [0.15, 0.2) is 18.2 Å². The predicted molar refractivity (Wildman–Crippen MR) is 168 cm³/mol. The highest BCUT2D eigenvalue weighted by Crippen LogP contribution is 2.45. The van der Waals surface area contributed by atoms with Gasteiger partial charge in [-0.2, -0.15) is 18.0 Å². The largest absolute Gasteiger partial charge is 0.496 e. The zero-order valence-corrected chi connectivity index (χ0v) is 29.0. The normalized spacial score (nSPS) is 15.2. The molecule has 1 amide bonds. The first kappa shape index (κ1) is 35.1. The maximum absolute atomic E-state index is 13.8. The number of fused-ring (bicyclic) bond motifs is 3. The Hall–Kier alpha value is -3.72. The van der Waals surface area contributed by atoms with E-state index in [1.807, 2.05) is 26.0 Å². The van der Waals surface area contributed by atoms with Crippen molar-refractivity contribution < 1.29 is 37.0 Å². The van der Waals surface area contributed by atoms with Crippen LogP contribution in [0.3, 0.4) is 0 Å². The molecule has 252 valence electrons. The molecule has 1 atom stereocenters. The molecule has 0 saturated heterocycles. The summed E-state index contributed by atoms with van der Waals surface area (Å²) in [6, 6.07) is 5.41. The number of rotatable bonds is 10. The number of benzene rings is 1. The minimum atomic E-state index is -4.82. The SMILES string of the molecule is COc1cc2c(cc1-c1nnn(C)n1)-c1c(C(C)(C)CO[Si](C)(C)C(C)(C)C)cc(C(=O)N[C@@](C)(CC(F)(F)F)C(=O)O)n1CC2. The number of amides is 1. The summed E-state index contributed by atoms with van der Waals surface area (Å²) in [5, 5.41) is 24.3. The first-order valence-electron chi connectivity index (χ1n) is 15.0. The van der Waals surface area contributed by atoms with E-state index in [0.29, 0.717) is 42.4 Å². The number of methoxy groups -OCH3 is 1. The molecule has 0 fully saturated rings. The number of ether oxygens (including phenoxy) is 1. The number of hydrogen-bond acceptors (Lipinski definition) is 7. The van der Waals surface area contributed by atoms with Gasteiger partial charge in [0.2, 0.25) is 5.82 Å². The summed E-state index contributed by atoms with van der Waals surface area (Å²) >= 11 is 0. The van der Waals surface area contributed by atoms with E-state index in [1.54, 1.807) is 24.8 Å². The average Bonchev–Trinajstić information content (AvgIpc) is 3.54. The fourth-order valence-corrected chi connectivity index (χ4v) is 6.49. The molecule has 1 aromatic carbocycles. The number of tetrazole rings is 1. The lowest BCUT2D eigenvalue weighted by molar-refractivity contribution is -0.167. The summed E-state index contributed by atoms with van der Waals surface area (Å²) in [7, 11) is 0.987. The van der Waals surface area contributed by atoms with Gasteiger partial charge in [-0.05, 0) is 66.0 Å². The number of nitrogens with zero attached hydrogens (tertiary/aromatic N) is 5. The van der Waals surface area contributed by atoms with Gasteiger partial charge in [-0.25, -0.2) is 4.79 Å². The van der Waals surface area contributed by atoms with Gasteiger partial charge in [0.1, 0.15) is 17.0 Å². The topological polar surface area (TPSA) is 133 Å². The van der Waals surface area contributed by atoms with Crippen LogP contribution in [0.25, 0.3) is 22.6 Å². The molecule has 1 aliphatic heterocycles. The van der Waals surface area contributed by atoms with Gasteiger partial charge >= 0.3 is 12.1 Å². The quantitative estimate of drug-likeness (QED) is 0.263. The number of aryl methyl sites for hydroxylation is 2. The van der Waals surface area contributed by atoms with Crippen molar-refractivity contribution in [1.82, 2.24) is 30.1 Å². The summed E-state index contributed by atoms with van der Waals surface area (Å²) in [5.74, 6) is -1.84. The fourth-order valence-electron chi connectivity index (χ4n) is 5.34. The Morgan fingerprint density at radius 1 is 1.07 bits per heavy atom. The molecule has 3 aromatic rings. The Bertz CT molecular complexity index is 1660. The second kappa shape index (κ2) is 11.8. The van der Waals surface area contributed by atoms with E-state index in [1.165, 1.54) is 4.80 Å². The zero-order chi connectivity index (χ0) is 34.6. The molecule has 0 unspecified atom stereocenters. The number of halogens is 3. The molecule has 4 rings (SSSR count). The predicted octanol–water partition coefficient (Wildman–Crippen LogP) is 5.74. The summed E-state index contributed by atoms with van der Waals surface area (Å²) in [4.78, 5) is 27.1. The molecule has 46 heavy (non-hydrogen) atoms. The van der Waals surface area contributed by atoms with Gasteiger partial charge < -0.3 is 24.2 Å². The third-order valence-electron chi connectivity index (χ3n) is 9.11. The Balaban J connectivity index is 1.91. The highest BCUT2D eigenvalue weighted by atomic mass is 28.4. The van der Waals surface area contributed by atoms with Crippen molar-refractivity contribution in [2.24, 2.45) is 7.05 Å². The lowest BCUT2D eigenvalue weighted by Crippen LogP contribution is -2.54. The molecule has 0 spiro atoms. The maximum atomic E-state index is 13.8. The van der Waals surface area contributed by atoms with E-state index in [2.05, 4.69) is 54.6 Å². The summed E-state index contributed by atoms with van der Waals surface area (Å²) in [5.41, 5.74) is 0.473. The molecule has 0 saturated carbocycles. The molecule has 0 radical (unpaired) electrons. The van der Waals surface area contributed by atoms with E-state index in [-0.39, 0.29) is 10.7 Å². The first-order chi connectivity index (χ1) is 21.0. The van der Waals surface area contributed by atoms with E-state index < -0.39 is 43.7 Å². The molecular formula is C31H43F3N6O5Si. The Morgan fingerprint density at radius 3 is 2.24 bits per heavy atom. The number of carbonyl (C=O) groups is 2. The molecular weight excluding hydrogens is 621 g/mol. The van der Waals surface area contributed by atoms with Crippen LogP contribution < -0.4 is 10.1 Å². The van der Waals surface area contributed by atoms with Gasteiger partial charge in [-0.15, -0.1) is 10.2 Å². The highest BCUT2D eigenvalue weighted by molar-refractivity contribution is 6.74. The van der Waals surface area contributed by atoms with Gasteiger partial charge in [0.05, 0.1) is 31.8 Å². The minimum absolute atomic E-state index is 0.0562. The fraction of sp³-hybridized carbons (Fsp3) is 0.581. The Kier molecular flexibility index (Phi) is 9.03. The summed E-state index contributed by atoms with van der Waals surface area (Å²) in [6.45, 7) is 16.2. The van der Waals surface area contributed by atoms with Crippen molar-refractivity contribution >= 4 is 20.2 Å². The van der Waals surface area contributed by atoms with Gasteiger partial charge in [-0.3, -0.25) is 4.79 Å². The Morgan fingerprint density at radius 2 is 1.72 bits per heavy atom. The van der Waals surface area contributed by atoms with Gasteiger partial charge in [-0.1, -0.05) is 34.6 Å². The lowest BCUT2D eigenvalue weighted by atomic mass is 9.82. The summed E-state index contributed by atoms with van der Waals surface area (Å²) < 4.78 is 54.3. The maximum Gasteiger partial charge on any atom is 0.391 e. The van der Waals surface area contributed by atoms with Crippen LogP contribution in [0, 0.1) is 0 Å². The standard InChI is InChI=1S/C31H43F3N6O5Si/c1-28(2,3)46(9,10)45-17-29(4,5)21-15-22(26(41)35-30(6,27(42)43)16-31(32,33)34)40-12-11-18-13-23(44-8)20(14-19(18)24(21)40)25-36-38-39(7)37-25/h13-15H,11-12,16-17H2,1-10H3,(H,35,41)(H,42,43)/t30-/m0/s1. The van der Waals surface area contributed by atoms with Crippen LogP contribution in [0.5, 0.6) is 5.75 Å². The Labute approximate surface area is 267 Å². The van der Waals surface area contributed by atoms with Crippen molar-refractivity contribution in [2.75, 3.05) is 13.7 Å². The molecule has 2 aromatic heterocycles. The number of alkyl halides is 3. The smallest absolute Gasteiger partial charge is 0.391 e. The molecule has 3 heterocycles. The van der Waals surface area contributed by atoms with Crippen LogP contribution in [-0.4, -0.2) is 75.5 Å². The molecule has 15 heteroatoms. The number of carboxylic acids is 1. The number of hydrogen-bond donors (Lipinski definition) is 2. The lowest BCUT2D eigenvalue weighted by Gasteiger charge is -2.39. The van der Waals surface area contributed by atoms with Crippen molar-refractivity contribution in [3.63, 3.8) is 0 Å². The van der Waals surface area contributed by atoms with Gasteiger partial charge in [0.15, 0.2) is 8.32 Å². The van der Waals surface area contributed by atoms with E-state index in [0.717, 1.165) is 23.6 Å². The van der Waals surface area contributed by atoms with Crippen LogP contribution in [-0.2, 0) is 34.6 Å². The van der Waals surface area contributed by atoms with E-state index in [4.69, 9.17) is 9.16 Å². The minimum Gasteiger partial charge on any atom is -0.496 e. The second-order valence-electron chi connectivity index (χ2n) is 14.3. The number of aliphatic carboxylic acids is 1. The second-order valence-corrected chi connectivity index (χ2v) is 19.1. The van der Waals surface area contributed by atoms with E-state index >= 15 is 0 Å². The molecule has 1 aliphatic rings. The molecule has 0 aliphatic carbocycles. The van der Waals surface area contributed by atoms with Crippen molar-refractivity contribution in [2.45, 2.75) is 96.2 Å². The molecule has 0 bridgehead atoms. The van der Waals surface area contributed by atoms with Crippen molar-refractivity contribution in [3.8, 4) is 28.4 Å². The monoisotopic (exact) mass is 664 g/mol. The number of nitrogens with one attached hydrogen (secondary N) is 1. The van der Waals surface area contributed by atoms with Gasteiger partial charge in [0.25, 0.3) is 5.91 Å². The third kappa shape index (κ3) is 6.84. The first-order valence-corrected chi connectivity index (χ1v) is 17.9. The van der Waals surface area contributed by atoms with Crippen LogP contribution in [0.1, 0.15) is 69.6 Å². The van der Waals surface area contributed by atoms with Crippen LogP contribution in [0.4, 0.5) is 13.2 Å². The van der Waals surface area contributed by atoms with Crippen molar-refractivity contribution in [1.29, 1.82) is 0 Å². The zero-order valence-electron chi connectivity index (χ0n) is 28.0. The third-order valence-corrected chi connectivity index (χ3v) is 13.6. The number of aromatic nitrogens is 5. The highest BCUT2D eigenvalue weighted by Gasteiger charge is 2.47. The number of carboxylic acid groups (broad SMARTS) is 1. The molecule has 2 N–H and O–H groups in total. The van der Waals surface area contributed by atoms with Crippen LogP contribution >= 0.6 is 0 Å². The summed E-state index contributed by atoms with van der Waals surface area (Å²) in [6.07, 6.45) is -6.08. The van der Waals surface area contributed by atoms with Crippen LogP contribution in [0.2, 0.25) is 18.1 Å². The molecule has 11 nitrogen and oxygen atoms in total. The number of carbonyl (C=O) groups excluding carboxylic acids is 1. The van der Waals surface area contributed by atoms with E-state index in [9.17, 15) is 27.9 Å². The average molecular weight is 665 g/mol. The van der Waals surface area contributed by atoms with Crippen molar-refractivity contribution in [3.05, 3.63) is 35.0 Å².